The third-order valence-electron chi connectivity index (χ3n) is 3.45. The molecule has 1 aromatic carbocycles. The highest BCUT2D eigenvalue weighted by Gasteiger charge is 2.18. The lowest BCUT2D eigenvalue weighted by molar-refractivity contribution is 0.0781. The summed E-state index contributed by atoms with van der Waals surface area (Å²) in [7, 11) is 3.42. The van der Waals surface area contributed by atoms with Gasteiger partial charge in [-0.25, -0.2) is 4.79 Å². The van der Waals surface area contributed by atoms with E-state index in [-0.39, 0.29) is 5.56 Å². The second kappa shape index (κ2) is 5.89. The molecule has 0 aliphatic heterocycles. The topological polar surface area (TPSA) is 68.3 Å². The van der Waals surface area contributed by atoms with Crippen LogP contribution in [0.1, 0.15) is 15.9 Å². The molecular formula is C16H14ClN3O3. The molecule has 0 bridgehead atoms. The van der Waals surface area contributed by atoms with Crippen molar-refractivity contribution in [1.29, 1.82) is 0 Å². The highest BCUT2D eigenvalue weighted by molar-refractivity contribution is 6.31. The third kappa shape index (κ3) is 3.12. The molecule has 3 aromatic rings. The van der Waals surface area contributed by atoms with Crippen LogP contribution in [0.4, 0.5) is 0 Å². The Morgan fingerprint density at radius 3 is 2.87 bits per heavy atom. The average molecular weight is 332 g/mol. The monoisotopic (exact) mass is 331 g/mol. The maximum Gasteiger partial charge on any atom is 0.349 e. The van der Waals surface area contributed by atoms with Gasteiger partial charge in [0.2, 0.25) is 0 Å². The van der Waals surface area contributed by atoms with Crippen molar-refractivity contribution in [1.82, 2.24) is 14.7 Å². The molecule has 0 aliphatic carbocycles. The van der Waals surface area contributed by atoms with Gasteiger partial charge in [0.25, 0.3) is 5.91 Å². The van der Waals surface area contributed by atoms with Crippen molar-refractivity contribution in [2.75, 3.05) is 7.05 Å². The van der Waals surface area contributed by atoms with E-state index in [0.717, 1.165) is 5.56 Å². The lowest BCUT2D eigenvalue weighted by Crippen LogP contribution is -2.30. The van der Waals surface area contributed by atoms with Crippen LogP contribution in [0.2, 0.25) is 5.02 Å². The van der Waals surface area contributed by atoms with Crippen molar-refractivity contribution in [3.8, 4) is 0 Å². The van der Waals surface area contributed by atoms with Gasteiger partial charge in [-0.2, -0.15) is 5.10 Å². The van der Waals surface area contributed by atoms with Crippen LogP contribution in [-0.2, 0) is 13.6 Å². The zero-order valence-electron chi connectivity index (χ0n) is 12.6. The Morgan fingerprint density at radius 1 is 1.39 bits per heavy atom. The molecule has 0 saturated carbocycles. The number of hydrogen-bond donors (Lipinski definition) is 0. The Labute approximate surface area is 136 Å². The Hall–Kier alpha value is -2.60. The van der Waals surface area contributed by atoms with Crippen molar-refractivity contribution < 1.29 is 9.21 Å². The van der Waals surface area contributed by atoms with Gasteiger partial charge in [-0.3, -0.25) is 9.48 Å². The van der Waals surface area contributed by atoms with Crippen LogP contribution >= 0.6 is 11.6 Å². The number of nitrogens with zero attached hydrogens (tertiary/aromatic N) is 3. The van der Waals surface area contributed by atoms with Crippen LogP contribution in [-0.4, -0.2) is 27.6 Å². The molecule has 2 aromatic heterocycles. The SMILES string of the molecule is CN(Cc1cnn(C)c1)C(=O)c1cc2cc(Cl)ccc2oc1=O. The van der Waals surface area contributed by atoms with Gasteiger partial charge >= 0.3 is 5.63 Å². The predicted octanol–water partition coefficient (Wildman–Crippen LogP) is 2.45. The number of carbonyl (C=O) groups is 1. The van der Waals surface area contributed by atoms with Gasteiger partial charge in [0.15, 0.2) is 0 Å². The molecule has 1 amide bonds. The number of aryl methyl sites for hydroxylation is 1. The number of halogens is 1. The molecule has 23 heavy (non-hydrogen) atoms. The highest BCUT2D eigenvalue weighted by Crippen LogP contribution is 2.19. The Kier molecular flexibility index (Phi) is 3.92. The smallest absolute Gasteiger partial charge is 0.349 e. The molecular weight excluding hydrogens is 318 g/mol. The van der Waals surface area contributed by atoms with Crippen LogP contribution in [0.25, 0.3) is 11.0 Å². The van der Waals surface area contributed by atoms with Crippen LogP contribution in [0.3, 0.4) is 0 Å². The molecule has 0 unspecified atom stereocenters. The first-order valence-electron chi connectivity index (χ1n) is 6.90. The number of carbonyl (C=O) groups excluding carboxylic acids is 1. The fraction of sp³-hybridized carbons (Fsp3) is 0.188. The predicted molar refractivity (Wildman–Crippen MR) is 86.5 cm³/mol. The summed E-state index contributed by atoms with van der Waals surface area (Å²) in [5.74, 6) is -0.413. The standard InChI is InChI=1S/C16H14ClN3O3/c1-19(8-10-7-18-20(2)9-10)15(21)13-6-11-5-12(17)3-4-14(11)23-16(13)22/h3-7,9H,8H2,1-2H3. The molecule has 0 N–H and O–H groups in total. The molecule has 0 aliphatic rings. The van der Waals surface area contributed by atoms with Gasteiger partial charge in [0, 0.05) is 42.8 Å². The fourth-order valence-electron chi connectivity index (χ4n) is 2.35. The molecule has 2 heterocycles. The van der Waals surface area contributed by atoms with Gasteiger partial charge in [0.1, 0.15) is 11.1 Å². The first kappa shape index (κ1) is 15.3. The van der Waals surface area contributed by atoms with Gasteiger partial charge < -0.3 is 9.32 Å². The minimum Gasteiger partial charge on any atom is -0.422 e. The van der Waals surface area contributed by atoms with Crippen molar-refractivity contribution in [2.24, 2.45) is 7.05 Å². The largest absolute Gasteiger partial charge is 0.422 e. The maximum atomic E-state index is 12.5. The lowest BCUT2D eigenvalue weighted by atomic mass is 10.1. The van der Waals surface area contributed by atoms with Gasteiger partial charge in [-0.05, 0) is 24.3 Å². The number of hydrogen-bond acceptors (Lipinski definition) is 4. The second-order valence-electron chi connectivity index (χ2n) is 5.31. The molecule has 0 fully saturated rings. The van der Waals surface area contributed by atoms with Gasteiger partial charge in [-0.15, -0.1) is 0 Å². The summed E-state index contributed by atoms with van der Waals surface area (Å²) in [6, 6.07) is 6.39. The van der Waals surface area contributed by atoms with E-state index >= 15 is 0 Å². The molecule has 0 spiro atoms. The van der Waals surface area contributed by atoms with Crippen LogP contribution in [0.15, 0.2) is 45.9 Å². The summed E-state index contributed by atoms with van der Waals surface area (Å²) in [5, 5.41) is 5.17. The van der Waals surface area contributed by atoms with Crippen molar-refractivity contribution in [3.05, 3.63) is 63.2 Å². The number of amides is 1. The first-order valence-corrected chi connectivity index (χ1v) is 7.28. The lowest BCUT2D eigenvalue weighted by Gasteiger charge is -2.15. The summed E-state index contributed by atoms with van der Waals surface area (Å²) in [6.45, 7) is 0.347. The zero-order valence-corrected chi connectivity index (χ0v) is 13.4. The minimum atomic E-state index is -0.664. The van der Waals surface area contributed by atoms with E-state index in [4.69, 9.17) is 16.0 Å². The van der Waals surface area contributed by atoms with Gasteiger partial charge in [-0.1, -0.05) is 11.6 Å². The Morgan fingerprint density at radius 2 is 2.17 bits per heavy atom. The van der Waals surface area contributed by atoms with Gasteiger partial charge in [0.05, 0.1) is 6.20 Å². The van der Waals surface area contributed by atoms with E-state index in [1.54, 1.807) is 43.2 Å². The Balaban J connectivity index is 1.93. The molecule has 7 heteroatoms. The van der Waals surface area contributed by atoms with Crippen molar-refractivity contribution in [2.45, 2.75) is 6.54 Å². The minimum absolute atomic E-state index is 0.0221. The second-order valence-corrected chi connectivity index (χ2v) is 5.75. The number of rotatable bonds is 3. The fourth-order valence-corrected chi connectivity index (χ4v) is 2.53. The van der Waals surface area contributed by atoms with E-state index < -0.39 is 11.5 Å². The van der Waals surface area contributed by atoms with Crippen molar-refractivity contribution >= 4 is 28.5 Å². The zero-order chi connectivity index (χ0) is 16.6. The molecule has 3 rings (SSSR count). The summed E-state index contributed by atoms with van der Waals surface area (Å²) in [5.41, 5.74) is 0.580. The van der Waals surface area contributed by atoms with E-state index in [9.17, 15) is 9.59 Å². The summed E-state index contributed by atoms with van der Waals surface area (Å²) in [6.07, 6.45) is 3.48. The molecule has 0 atom stereocenters. The number of aromatic nitrogens is 2. The van der Waals surface area contributed by atoms with E-state index in [0.29, 0.717) is 22.5 Å². The number of fused-ring (bicyclic) bond motifs is 1. The van der Waals surface area contributed by atoms with Crippen LogP contribution < -0.4 is 5.63 Å². The first-order chi connectivity index (χ1) is 10.9. The molecule has 0 radical (unpaired) electrons. The number of benzene rings is 1. The third-order valence-corrected chi connectivity index (χ3v) is 3.68. The summed E-state index contributed by atoms with van der Waals surface area (Å²) in [4.78, 5) is 26.0. The van der Waals surface area contributed by atoms with Crippen molar-refractivity contribution in [3.63, 3.8) is 0 Å². The summed E-state index contributed by atoms with van der Waals surface area (Å²) < 4.78 is 6.85. The van der Waals surface area contributed by atoms with Crippen LogP contribution in [0, 0.1) is 0 Å². The van der Waals surface area contributed by atoms with E-state index in [2.05, 4.69) is 5.10 Å². The summed E-state index contributed by atoms with van der Waals surface area (Å²) >= 11 is 5.94. The normalized spacial score (nSPS) is 10.9. The van der Waals surface area contributed by atoms with Crippen LogP contribution in [0.5, 0.6) is 0 Å². The average Bonchev–Trinajstić information content (AvgIpc) is 2.91. The molecule has 6 nitrogen and oxygen atoms in total. The Bertz CT molecular complexity index is 945. The molecule has 118 valence electrons. The maximum absolute atomic E-state index is 12.5. The highest BCUT2D eigenvalue weighted by atomic mass is 35.5. The van der Waals surface area contributed by atoms with E-state index in [1.165, 1.54) is 11.0 Å². The molecule has 0 saturated heterocycles. The van der Waals surface area contributed by atoms with E-state index in [1.807, 2.05) is 6.20 Å². The quantitative estimate of drug-likeness (QED) is 0.691.